The van der Waals surface area contributed by atoms with Gasteiger partial charge in [0.1, 0.15) is 12.1 Å². The molecule has 2 aromatic rings. The van der Waals surface area contributed by atoms with E-state index in [9.17, 15) is 14.4 Å². The van der Waals surface area contributed by atoms with Crippen LogP contribution in [-0.2, 0) is 9.59 Å². The summed E-state index contributed by atoms with van der Waals surface area (Å²) in [6, 6.07) is 4.88. The van der Waals surface area contributed by atoms with Crippen LogP contribution in [0, 0.1) is 0 Å². The number of thiazole rings is 1. The lowest BCUT2D eigenvalue weighted by Gasteiger charge is -2.35. The van der Waals surface area contributed by atoms with Crippen LogP contribution < -0.4 is 5.32 Å². The van der Waals surface area contributed by atoms with Crippen molar-refractivity contribution >= 4 is 56.1 Å². The van der Waals surface area contributed by atoms with Crippen LogP contribution in [0.25, 0.3) is 10.2 Å². The second-order valence-electron chi connectivity index (χ2n) is 7.00. The molecule has 2 fully saturated rings. The summed E-state index contributed by atoms with van der Waals surface area (Å²) in [7, 11) is 1.65. The van der Waals surface area contributed by atoms with Crippen LogP contribution in [0.5, 0.6) is 0 Å². The number of imide groups is 1. The summed E-state index contributed by atoms with van der Waals surface area (Å²) < 4.78 is 0.854. The Morgan fingerprint density at radius 1 is 1.30 bits per heavy atom. The molecular weight excluding hydrogens is 388 g/mol. The molecule has 1 spiro atoms. The fourth-order valence-electron chi connectivity index (χ4n) is 3.93. The Balaban J connectivity index is 1.48. The largest absolute Gasteiger partial charge is 0.327 e. The van der Waals surface area contributed by atoms with Crippen molar-refractivity contribution in [2.45, 2.75) is 37.6 Å². The molecule has 1 aliphatic carbocycles. The van der Waals surface area contributed by atoms with E-state index in [0.29, 0.717) is 23.0 Å². The minimum absolute atomic E-state index is 0.263. The van der Waals surface area contributed by atoms with Gasteiger partial charge in [0.25, 0.3) is 5.91 Å². The van der Waals surface area contributed by atoms with Gasteiger partial charge in [0.2, 0.25) is 5.91 Å². The molecule has 2 aliphatic rings. The Morgan fingerprint density at radius 2 is 2.04 bits per heavy atom. The van der Waals surface area contributed by atoms with Crippen LogP contribution in [0.4, 0.5) is 9.93 Å². The van der Waals surface area contributed by atoms with Crippen molar-refractivity contribution in [2.75, 3.05) is 18.9 Å². The molecule has 1 saturated carbocycles. The molecule has 1 aromatic carbocycles. The average Bonchev–Trinajstić information content (AvgIpc) is 3.11. The number of aromatic nitrogens is 1. The minimum atomic E-state index is -0.776. The zero-order valence-corrected chi connectivity index (χ0v) is 16.4. The van der Waals surface area contributed by atoms with Gasteiger partial charge in [-0.25, -0.2) is 9.78 Å². The topological polar surface area (TPSA) is 82.6 Å². The molecule has 142 valence electrons. The number of benzene rings is 1. The summed E-state index contributed by atoms with van der Waals surface area (Å²) in [5, 5.41) is 3.70. The smallest absolute Gasteiger partial charge is 0.313 e. The number of nitrogens with one attached hydrogen (secondary N) is 1. The van der Waals surface area contributed by atoms with Crippen LogP contribution in [0.15, 0.2) is 18.2 Å². The molecule has 1 saturated heterocycles. The lowest BCUT2D eigenvalue weighted by atomic mass is 9.81. The number of fused-ring (bicyclic) bond motifs is 1. The molecule has 0 radical (unpaired) electrons. The molecule has 2 heterocycles. The first kappa shape index (κ1) is 18.2. The summed E-state index contributed by atoms with van der Waals surface area (Å²) in [6.07, 6.45) is 4.21. The van der Waals surface area contributed by atoms with Crippen LogP contribution in [0.2, 0.25) is 5.02 Å². The molecule has 7 nitrogen and oxygen atoms in total. The van der Waals surface area contributed by atoms with E-state index in [2.05, 4.69) is 10.3 Å². The number of anilines is 1. The summed E-state index contributed by atoms with van der Waals surface area (Å²) in [5.41, 5.74) is -0.0451. The first-order valence-electron chi connectivity index (χ1n) is 8.86. The molecule has 1 N–H and O–H groups in total. The minimum Gasteiger partial charge on any atom is -0.313 e. The lowest BCUT2D eigenvalue weighted by molar-refractivity contribution is -0.136. The average molecular weight is 407 g/mol. The van der Waals surface area contributed by atoms with Crippen molar-refractivity contribution in [1.82, 2.24) is 14.8 Å². The highest BCUT2D eigenvalue weighted by Gasteiger charge is 2.55. The molecule has 0 unspecified atom stereocenters. The highest BCUT2D eigenvalue weighted by molar-refractivity contribution is 7.22. The van der Waals surface area contributed by atoms with Gasteiger partial charge in [0, 0.05) is 12.1 Å². The number of nitrogens with zero attached hydrogens (tertiary/aromatic N) is 3. The van der Waals surface area contributed by atoms with Crippen molar-refractivity contribution in [2.24, 2.45) is 0 Å². The third-order valence-corrected chi connectivity index (χ3v) is 6.55. The molecule has 1 aromatic heterocycles. The number of rotatable bonds is 3. The Hall–Kier alpha value is -2.19. The Kier molecular flexibility index (Phi) is 4.55. The monoisotopic (exact) mass is 406 g/mol. The van der Waals surface area contributed by atoms with E-state index in [1.807, 2.05) is 0 Å². The standard InChI is InChI=1S/C18H19ClN4O3S/c1-22-17(26)23(15(25)18(22)7-3-2-4-8-18)10-14(24)21-16-20-12-6-5-11(19)9-13(12)27-16/h5-6,9H,2-4,7-8,10H2,1H3,(H,20,21,24). The Bertz CT molecular complexity index is 938. The van der Waals surface area contributed by atoms with Crippen LogP contribution in [-0.4, -0.2) is 51.8 Å². The number of carbonyl (C=O) groups excluding carboxylic acids is 3. The van der Waals surface area contributed by atoms with E-state index >= 15 is 0 Å². The first-order valence-corrected chi connectivity index (χ1v) is 10.1. The van der Waals surface area contributed by atoms with E-state index in [0.717, 1.165) is 34.4 Å². The second kappa shape index (κ2) is 6.76. The molecule has 0 bridgehead atoms. The van der Waals surface area contributed by atoms with Gasteiger partial charge < -0.3 is 10.2 Å². The number of amides is 4. The number of urea groups is 1. The van der Waals surface area contributed by atoms with Gasteiger partial charge in [0.05, 0.1) is 10.2 Å². The quantitative estimate of drug-likeness (QED) is 0.791. The molecule has 9 heteroatoms. The van der Waals surface area contributed by atoms with Crippen LogP contribution in [0.1, 0.15) is 32.1 Å². The van der Waals surface area contributed by atoms with Gasteiger partial charge in [-0.15, -0.1) is 0 Å². The zero-order chi connectivity index (χ0) is 19.2. The molecule has 27 heavy (non-hydrogen) atoms. The van der Waals surface area contributed by atoms with Gasteiger partial charge in [-0.05, 0) is 31.0 Å². The normalized spacial score (nSPS) is 19.3. The number of carbonyl (C=O) groups is 3. The van der Waals surface area contributed by atoms with Crippen molar-refractivity contribution in [1.29, 1.82) is 0 Å². The molecule has 4 rings (SSSR count). The third-order valence-electron chi connectivity index (χ3n) is 5.38. The van der Waals surface area contributed by atoms with E-state index in [4.69, 9.17) is 11.6 Å². The van der Waals surface area contributed by atoms with Crippen molar-refractivity contribution in [3.05, 3.63) is 23.2 Å². The van der Waals surface area contributed by atoms with Gasteiger partial charge in [-0.3, -0.25) is 14.5 Å². The fraction of sp³-hybridized carbons (Fsp3) is 0.444. The predicted octanol–water partition coefficient (Wildman–Crippen LogP) is 3.49. The Labute approximate surface area is 165 Å². The van der Waals surface area contributed by atoms with E-state index < -0.39 is 17.5 Å². The molecular formula is C18H19ClN4O3S. The van der Waals surface area contributed by atoms with Crippen molar-refractivity contribution < 1.29 is 14.4 Å². The third kappa shape index (κ3) is 3.06. The molecule has 4 amide bonds. The summed E-state index contributed by atoms with van der Waals surface area (Å²) in [6.45, 7) is -0.305. The fourth-order valence-corrected chi connectivity index (χ4v) is 5.08. The van der Waals surface area contributed by atoms with E-state index in [1.165, 1.54) is 16.2 Å². The number of halogens is 1. The SMILES string of the molecule is CN1C(=O)N(CC(=O)Nc2nc3ccc(Cl)cc3s2)C(=O)C12CCCCC2. The highest BCUT2D eigenvalue weighted by atomic mass is 35.5. The predicted molar refractivity (Wildman–Crippen MR) is 104 cm³/mol. The maximum atomic E-state index is 12.9. The molecule has 1 aliphatic heterocycles. The van der Waals surface area contributed by atoms with Gasteiger partial charge in [-0.1, -0.05) is 42.2 Å². The van der Waals surface area contributed by atoms with Crippen LogP contribution >= 0.6 is 22.9 Å². The number of hydrogen-bond donors (Lipinski definition) is 1. The first-order chi connectivity index (χ1) is 12.9. The maximum absolute atomic E-state index is 12.9. The van der Waals surface area contributed by atoms with Gasteiger partial charge in [-0.2, -0.15) is 0 Å². The second-order valence-corrected chi connectivity index (χ2v) is 8.47. The maximum Gasteiger partial charge on any atom is 0.327 e. The van der Waals surface area contributed by atoms with Crippen LogP contribution in [0.3, 0.4) is 0 Å². The highest BCUT2D eigenvalue weighted by Crippen LogP contribution is 2.39. The number of likely N-dealkylation sites (N-methyl/N-ethyl adjacent to an activating group) is 1. The lowest BCUT2D eigenvalue weighted by Crippen LogP contribution is -2.49. The molecule has 0 atom stereocenters. The van der Waals surface area contributed by atoms with E-state index in [-0.39, 0.29) is 12.5 Å². The Morgan fingerprint density at radius 3 is 2.78 bits per heavy atom. The van der Waals surface area contributed by atoms with E-state index in [1.54, 1.807) is 25.2 Å². The number of hydrogen-bond acceptors (Lipinski definition) is 5. The van der Waals surface area contributed by atoms with Crippen molar-refractivity contribution in [3.8, 4) is 0 Å². The summed E-state index contributed by atoms with van der Waals surface area (Å²) in [4.78, 5) is 44.9. The van der Waals surface area contributed by atoms with Gasteiger partial charge in [0.15, 0.2) is 5.13 Å². The van der Waals surface area contributed by atoms with Crippen molar-refractivity contribution in [3.63, 3.8) is 0 Å². The summed E-state index contributed by atoms with van der Waals surface area (Å²) >= 11 is 7.26. The summed E-state index contributed by atoms with van der Waals surface area (Å²) in [5.74, 6) is -0.705. The van der Waals surface area contributed by atoms with Gasteiger partial charge >= 0.3 is 6.03 Å². The zero-order valence-electron chi connectivity index (χ0n) is 14.8.